The lowest BCUT2D eigenvalue weighted by atomic mass is 10.2. The molecule has 16 heavy (non-hydrogen) atoms. The van der Waals surface area contributed by atoms with Gasteiger partial charge in [0.05, 0.1) is 6.10 Å². The van der Waals surface area contributed by atoms with Crippen molar-refractivity contribution in [1.29, 1.82) is 0 Å². The van der Waals surface area contributed by atoms with Gasteiger partial charge in [-0.15, -0.1) is 10.2 Å². The Morgan fingerprint density at radius 1 is 1.62 bits per heavy atom. The van der Waals surface area contributed by atoms with Crippen molar-refractivity contribution in [2.75, 3.05) is 5.75 Å². The molecule has 0 aliphatic carbocycles. The molecule has 0 aromatic carbocycles. The Balaban J connectivity index is 1.77. The highest BCUT2D eigenvalue weighted by Crippen LogP contribution is 2.28. The second-order valence-corrected chi connectivity index (χ2v) is 6.01. The minimum Gasteiger partial charge on any atom is -0.479 e. The zero-order valence-corrected chi connectivity index (χ0v) is 10.4. The van der Waals surface area contributed by atoms with E-state index in [0.29, 0.717) is 6.42 Å². The molecule has 0 amide bonds. The number of thioether (sulfide) groups is 1. The van der Waals surface area contributed by atoms with Gasteiger partial charge in [-0.1, -0.05) is 23.1 Å². The lowest BCUT2D eigenvalue weighted by Gasteiger charge is -2.08. The summed E-state index contributed by atoms with van der Waals surface area (Å²) in [5.74, 6) is -0.113. The quantitative estimate of drug-likeness (QED) is 0.828. The monoisotopic (exact) mass is 260 g/mol. The first-order chi connectivity index (χ1) is 7.65. The summed E-state index contributed by atoms with van der Waals surface area (Å²) in [4.78, 5) is 10.7. The fourth-order valence-electron chi connectivity index (χ4n) is 1.51. The molecule has 1 aliphatic rings. The van der Waals surface area contributed by atoms with Crippen LogP contribution in [0.4, 0.5) is 0 Å². The molecule has 88 valence electrons. The van der Waals surface area contributed by atoms with Crippen molar-refractivity contribution in [3.63, 3.8) is 0 Å². The molecule has 2 unspecified atom stereocenters. The molecule has 7 heteroatoms. The zero-order valence-electron chi connectivity index (χ0n) is 8.75. The normalized spacial score (nSPS) is 24.8. The van der Waals surface area contributed by atoms with Crippen LogP contribution in [0.3, 0.4) is 0 Å². The Bertz CT molecular complexity index is 383. The average Bonchev–Trinajstić information content (AvgIpc) is 2.83. The van der Waals surface area contributed by atoms with Crippen molar-refractivity contribution >= 4 is 29.1 Å². The molecule has 2 atom stereocenters. The third kappa shape index (κ3) is 2.93. The van der Waals surface area contributed by atoms with E-state index in [0.717, 1.165) is 21.5 Å². The van der Waals surface area contributed by atoms with Gasteiger partial charge in [-0.05, 0) is 19.8 Å². The Morgan fingerprint density at radius 3 is 3.00 bits per heavy atom. The van der Waals surface area contributed by atoms with E-state index in [1.165, 1.54) is 0 Å². The lowest BCUT2D eigenvalue weighted by molar-refractivity contribution is -0.148. The van der Waals surface area contributed by atoms with Crippen LogP contribution in [0.15, 0.2) is 4.34 Å². The third-order valence-corrected chi connectivity index (χ3v) is 4.39. The first-order valence-corrected chi connectivity index (χ1v) is 6.76. The summed E-state index contributed by atoms with van der Waals surface area (Å²) in [5, 5.41) is 17.6. The van der Waals surface area contributed by atoms with Crippen LogP contribution in [0.1, 0.15) is 17.8 Å². The van der Waals surface area contributed by atoms with E-state index in [-0.39, 0.29) is 6.10 Å². The molecule has 5 nitrogen and oxygen atoms in total. The molecule has 1 N–H and O–H groups in total. The van der Waals surface area contributed by atoms with Gasteiger partial charge in [-0.25, -0.2) is 4.79 Å². The average molecular weight is 260 g/mol. The van der Waals surface area contributed by atoms with Crippen LogP contribution < -0.4 is 0 Å². The van der Waals surface area contributed by atoms with Crippen molar-refractivity contribution in [2.24, 2.45) is 0 Å². The summed E-state index contributed by atoms with van der Waals surface area (Å²) in [6.45, 7) is 1.91. The van der Waals surface area contributed by atoms with E-state index in [2.05, 4.69) is 10.2 Å². The number of aryl methyl sites for hydroxylation is 1. The first-order valence-electron chi connectivity index (χ1n) is 4.96. The lowest BCUT2D eigenvalue weighted by Crippen LogP contribution is -2.21. The van der Waals surface area contributed by atoms with Crippen LogP contribution in [0.25, 0.3) is 0 Å². The number of carboxylic acids is 1. The van der Waals surface area contributed by atoms with E-state index in [1.54, 1.807) is 23.1 Å². The highest BCUT2D eigenvalue weighted by atomic mass is 32.2. The molecule has 0 saturated carbocycles. The van der Waals surface area contributed by atoms with E-state index >= 15 is 0 Å². The molecule has 2 heterocycles. The maximum absolute atomic E-state index is 10.7. The van der Waals surface area contributed by atoms with Crippen molar-refractivity contribution in [3.05, 3.63) is 5.01 Å². The maximum Gasteiger partial charge on any atom is 0.332 e. The molecule has 1 aliphatic heterocycles. The Hall–Kier alpha value is -0.660. The molecule has 1 saturated heterocycles. The second kappa shape index (κ2) is 5.11. The fraction of sp³-hybridized carbons (Fsp3) is 0.667. The van der Waals surface area contributed by atoms with Crippen molar-refractivity contribution in [3.8, 4) is 0 Å². The molecule has 1 fully saturated rings. The molecule has 1 aromatic rings. The number of nitrogens with zero attached hydrogens (tertiary/aromatic N) is 2. The number of aromatic nitrogens is 2. The molecule has 0 bridgehead atoms. The predicted octanol–water partition coefficient (Wildman–Crippen LogP) is 1.57. The van der Waals surface area contributed by atoms with Gasteiger partial charge in [-0.2, -0.15) is 0 Å². The predicted molar refractivity (Wildman–Crippen MR) is 60.9 cm³/mol. The molecule has 2 rings (SSSR count). The number of aliphatic carboxylic acids is 1. The summed E-state index contributed by atoms with van der Waals surface area (Å²) >= 11 is 3.13. The highest BCUT2D eigenvalue weighted by Gasteiger charge is 2.30. The van der Waals surface area contributed by atoms with Gasteiger partial charge in [0.1, 0.15) is 5.01 Å². The summed E-state index contributed by atoms with van der Waals surface area (Å²) in [5.41, 5.74) is 0. The minimum absolute atomic E-state index is 0.0234. The van der Waals surface area contributed by atoms with Gasteiger partial charge in [-0.3, -0.25) is 0 Å². The van der Waals surface area contributed by atoms with Gasteiger partial charge in [0.2, 0.25) is 0 Å². The highest BCUT2D eigenvalue weighted by molar-refractivity contribution is 8.01. The molecular weight excluding hydrogens is 248 g/mol. The topological polar surface area (TPSA) is 72.3 Å². The summed E-state index contributed by atoms with van der Waals surface area (Å²) < 4.78 is 6.30. The first kappa shape index (κ1) is 11.8. The number of hydrogen-bond acceptors (Lipinski definition) is 6. The van der Waals surface area contributed by atoms with Crippen LogP contribution in [-0.4, -0.2) is 39.2 Å². The Morgan fingerprint density at radius 2 is 2.44 bits per heavy atom. The molecule has 0 spiro atoms. The summed E-state index contributed by atoms with van der Waals surface area (Å²) in [6, 6.07) is 0. The molecular formula is C9H12N2O3S2. The van der Waals surface area contributed by atoms with E-state index in [4.69, 9.17) is 9.84 Å². The standard InChI is InChI=1S/C9H12N2O3S2/c1-5-10-11-9(16-5)15-4-6-2-3-7(14-6)8(12)13/h6-7H,2-4H2,1H3,(H,12,13). The largest absolute Gasteiger partial charge is 0.479 e. The van der Waals surface area contributed by atoms with Crippen LogP contribution in [0, 0.1) is 6.92 Å². The van der Waals surface area contributed by atoms with Gasteiger partial charge in [0.15, 0.2) is 10.4 Å². The zero-order chi connectivity index (χ0) is 11.5. The second-order valence-electron chi connectivity index (χ2n) is 3.56. The van der Waals surface area contributed by atoms with E-state index < -0.39 is 12.1 Å². The van der Waals surface area contributed by atoms with Crippen molar-refractivity contribution in [1.82, 2.24) is 10.2 Å². The van der Waals surface area contributed by atoms with Crippen molar-refractivity contribution < 1.29 is 14.6 Å². The molecule has 1 aromatic heterocycles. The molecule has 0 radical (unpaired) electrons. The number of hydrogen-bond donors (Lipinski definition) is 1. The maximum atomic E-state index is 10.7. The van der Waals surface area contributed by atoms with E-state index in [9.17, 15) is 4.79 Å². The van der Waals surface area contributed by atoms with Crippen LogP contribution in [-0.2, 0) is 9.53 Å². The summed E-state index contributed by atoms with van der Waals surface area (Å²) in [7, 11) is 0. The number of carboxylic acid groups (broad SMARTS) is 1. The van der Waals surface area contributed by atoms with Gasteiger partial charge < -0.3 is 9.84 Å². The Labute approximate surface area is 101 Å². The van der Waals surface area contributed by atoms with Crippen LogP contribution in [0.2, 0.25) is 0 Å². The van der Waals surface area contributed by atoms with Gasteiger partial charge in [0.25, 0.3) is 0 Å². The van der Waals surface area contributed by atoms with Crippen molar-refractivity contribution in [2.45, 2.75) is 36.3 Å². The fourth-order valence-corrected chi connectivity index (χ4v) is 3.40. The number of carbonyl (C=O) groups is 1. The van der Waals surface area contributed by atoms with Crippen LogP contribution in [0.5, 0.6) is 0 Å². The van der Waals surface area contributed by atoms with E-state index in [1.807, 2.05) is 6.92 Å². The number of ether oxygens (including phenoxy) is 1. The van der Waals surface area contributed by atoms with Gasteiger partial charge in [0, 0.05) is 5.75 Å². The third-order valence-electron chi connectivity index (χ3n) is 2.28. The smallest absolute Gasteiger partial charge is 0.332 e. The SMILES string of the molecule is Cc1nnc(SCC2CCC(C(=O)O)O2)s1. The number of rotatable bonds is 4. The van der Waals surface area contributed by atoms with Crippen LogP contribution >= 0.6 is 23.1 Å². The van der Waals surface area contributed by atoms with Gasteiger partial charge >= 0.3 is 5.97 Å². The Kier molecular flexibility index (Phi) is 3.78. The summed E-state index contributed by atoms with van der Waals surface area (Å²) in [6.07, 6.45) is 0.814. The minimum atomic E-state index is -0.862.